The Bertz CT molecular complexity index is 594. The van der Waals surface area contributed by atoms with Crippen molar-refractivity contribution in [1.29, 1.82) is 5.26 Å². The van der Waals surface area contributed by atoms with Crippen LogP contribution in [0.3, 0.4) is 0 Å². The fourth-order valence-corrected chi connectivity index (χ4v) is 2.36. The number of rotatable bonds is 6. The summed E-state index contributed by atoms with van der Waals surface area (Å²) in [5, 5.41) is 20.7. The van der Waals surface area contributed by atoms with E-state index >= 15 is 0 Å². The van der Waals surface area contributed by atoms with Crippen molar-refractivity contribution >= 4 is 11.8 Å². The molecular weight excluding hydrogens is 272 g/mol. The minimum Gasteiger partial charge on any atom is -0.618 e. The number of benzene rings is 1. The fraction of sp³-hybridized carbons (Fsp3) is 0.200. The quantitative estimate of drug-likeness (QED) is 0.354. The van der Waals surface area contributed by atoms with Crippen molar-refractivity contribution in [3.8, 4) is 11.8 Å². The predicted molar refractivity (Wildman–Crippen MR) is 77.4 cm³/mol. The molecule has 102 valence electrons. The fourth-order valence-electron chi connectivity index (χ4n) is 1.62. The van der Waals surface area contributed by atoms with Gasteiger partial charge in [-0.3, -0.25) is 0 Å². The number of thioether (sulfide) groups is 1. The average molecular weight is 286 g/mol. The van der Waals surface area contributed by atoms with Crippen molar-refractivity contribution in [2.45, 2.75) is 11.4 Å². The smallest absolute Gasteiger partial charge is 0.251 e. The first-order valence-corrected chi connectivity index (χ1v) is 7.18. The second-order valence-corrected chi connectivity index (χ2v) is 5.16. The van der Waals surface area contributed by atoms with Gasteiger partial charge in [-0.25, -0.2) is 0 Å². The minimum atomic E-state index is 0.410. The summed E-state index contributed by atoms with van der Waals surface area (Å²) in [5.74, 6) is 1.47. The maximum absolute atomic E-state index is 11.4. The summed E-state index contributed by atoms with van der Waals surface area (Å²) in [6.45, 7) is 0.525. The SMILES string of the molecule is N#CCc1ccc(OCCSc2cccc[n+]2[O-])cc1. The lowest BCUT2D eigenvalue weighted by atomic mass is 10.2. The third-order valence-corrected chi connectivity index (χ3v) is 3.58. The van der Waals surface area contributed by atoms with Crippen LogP contribution in [-0.4, -0.2) is 12.4 Å². The molecule has 4 nitrogen and oxygen atoms in total. The lowest BCUT2D eigenvalue weighted by Gasteiger charge is -2.06. The van der Waals surface area contributed by atoms with Crippen molar-refractivity contribution in [2.75, 3.05) is 12.4 Å². The van der Waals surface area contributed by atoms with Gasteiger partial charge in [0.2, 0.25) is 0 Å². The van der Waals surface area contributed by atoms with E-state index in [4.69, 9.17) is 10.00 Å². The Hall–Kier alpha value is -2.19. The Morgan fingerprint density at radius 2 is 2.00 bits per heavy atom. The molecule has 0 saturated carbocycles. The molecule has 0 spiro atoms. The first-order valence-electron chi connectivity index (χ1n) is 6.19. The molecule has 1 aromatic carbocycles. The van der Waals surface area contributed by atoms with Gasteiger partial charge in [0.05, 0.1) is 19.1 Å². The van der Waals surface area contributed by atoms with Crippen LogP contribution in [0, 0.1) is 16.5 Å². The van der Waals surface area contributed by atoms with E-state index in [1.54, 1.807) is 12.1 Å². The highest BCUT2D eigenvalue weighted by Crippen LogP contribution is 2.15. The molecule has 0 radical (unpaired) electrons. The normalized spacial score (nSPS) is 9.95. The number of nitrogens with zero attached hydrogens (tertiary/aromatic N) is 2. The van der Waals surface area contributed by atoms with Gasteiger partial charge in [0, 0.05) is 17.9 Å². The molecular formula is C15H14N2O2S. The molecule has 0 saturated heterocycles. The molecule has 1 aromatic heterocycles. The Morgan fingerprint density at radius 1 is 1.20 bits per heavy atom. The van der Waals surface area contributed by atoms with E-state index in [-0.39, 0.29) is 0 Å². The molecule has 0 N–H and O–H groups in total. The molecule has 1 heterocycles. The van der Waals surface area contributed by atoms with Gasteiger partial charge in [-0.1, -0.05) is 23.9 Å². The van der Waals surface area contributed by atoms with Crippen molar-refractivity contribution in [1.82, 2.24) is 0 Å². The maximum atomic E-state index is 11.4. The summed E-state index contributed by atoms with van der Waals surface area (Å²) in [4.78, 5) is 0. The van der Waals surface area contributed by atoms with E-state index in [9.17, 15) is 5.21 Å². The highest BCUT2D eigenvalue weighted by molar-refractivity contribution is 7.99. The van der Waals surface area contributed by atoms with Crippen LogP contribution in [0.2, 0.25) is 0 Å². The highest BCUT2D eigenvalue weighted by Gasteiger charge is 2.04. The Balaban J connectivity index is 1.76. The summed E-state index contributed by atoms with van der Waals surface area (Å²) in [6.07, 6.45) is 1.89. The third-order valence-electron chi connectivity index (χ3n) is 2.60. The predicted octanol–water partition coefficient (Wildman–Crippen LogP) is 2.56. The number of hydrogen-bond donors (Lipinski definition) is 0. The van der Waals surface area contributed by atoms with E-state index < -0.39 is 0 Å². The van der Waals surface area contributed by atoms with E-state index in [1.807, 2.05) is 30.3 Å². The third kappa shape index (κ3) is 4.18. The highest BCUT2D eigenvalue weighted by atomic mass is 32.2. The molecule has 0 fully saturated rings. The standard InChI is InChI=1S/C15H14N2O2S/c16-9-8-13-4-6-14(7-5-13)19-11-12-20-15-3-1-2-10-17(15)18/h1-7,10H,8,11-12H2. The van der Waals surface area contributed by atoms with Crippen molar-refractivity contribution < 1.29 is 9.47 Å². The number of pyridine rings is 1. The zero-order chi connectivity index (χ0) is 14.2. The molecule has 2 aromatic rings. The summed E-state index contributed by atoms with van der Waals surface area (Å²) < 4.78 is 6.43. The van der Waals surface area contributed by atoms with E-state index in [1.165, 1.54) is 18.0 Å². The second kappa shape index (κ2) is 7.41. The van der Waals surface area contributed by atoms with Crippen molar-refractivity contribution in [2.24, 2.45) is 0 Å². The van der Waals surface area contributed by atoms with Gasteiger partial charge < -0.3 is 9.94 Å². The number of nitriles is 1. The van der Waals surface area contributed by atoms with Gasteiger partial charge in [0.1, 0.15) is 5.75 Å². The number of aromatic nitrogens is 1. The molecule has 0 aliphatic rings. The van der Waals surface area contributed by atoms with Crippen LogP contribution in [0.4, 0.5) is 0 Å². The summed E-state index contributed by atoms with van der Waals surface area (Å²) in [5.41, 5.74) is 0.978. The topological polar surface area (TPSA) is 60.0 Å². The zero-order valence-electron chi connectivity index (χ0n) is 10.9. The van der Waals surface area contributed by atoms with Crippen LogP contribution in [0.5, 0.6) is 5.75 Å². The molecule has 5 heteroatoms. The van der Waals surface area contributed by atoms with Gasteiger partial charge in [0.15, 0.2) is 6.20 Å². The van der Waals surface area contributed by atoms with E-state index in [0.29, 0.717) is 23.8 Å². The largest absolute Gasteiger partial charge is 0.618 e. The zero-order valence-corrected chi connectivity index (χ0v) is 11.7. The van der Waals surface area contributed by atoms with Crippen LogP contribution in [0.25, 0.3) is 0 Å². The molecule has 0 unspecified atom stereocenters. The van der Waals surface area contributed by atoms with Crippen LogP contribution < -0.4 is 9.47 Å². The second-order valence-electron chi connectivity index (χ2n) is 4.04. The molecule has 0 aliphatic heterocycles. The average Bonchev–Trinajstić information content (AvgIpc) is 2.47. The lowest BCUT2D eigenvalue weighted by Crippen LogP contribution is -2.27. The number of hydrogen-bond acceptors (Lipinski definition) is 4. The Labute approximate surface area is 122 Å². The lowest BCUT2D eigenvalue weighted by molar-refractivity contribution is -0.645. The van der Waals surface area contributed by atoms with Gasteiger partial charge in [-0.2, -0.15) is 9.99 Å². The molecule has 0 atom stereocenters. The first kappa shape index (κ1) is 14.2. The van der Waals surface area contributed by atoms with Crippen molar-refractivity contribution in [3.63, 3.8) is 0 Å². The van der Waals surface area contributed by atoms with Crippen LogP contribution in [-0.2, 0) is 6.42 Å². The molecule has 2 rings (SSSR count). The first-order chi connectivity index (χ1) is 9.79. The van der Waals surface area contributed by atoms with Gasteiger partial charge in [0.25, 0.3) is 5.03 Å². The van der Waals surface area contributed by atoms with Crippen LogP contribution in [0.1, 0.15) is 5.56 Å². The van der Waals surface area contributed by atoms with E-state index in [2.05, 4.69) is 6.07 Å². The minimum absolute atomic E-state index is 0.410. The van der Waals surface area contributed by atoms with Crippen LogP contribution in [0.15, 0.2) is 53.7 Å². The molecule has 0 bridgehead atoms. The summed E-state index contributed by atoms with van der Waals surface area (Å²) in [7, 11) is 0. The van der Waals surface area contributed by atoms with Crippen molar-refractivity contribution in [3.05, 3.63) is 59.4 Å². The van der Waals surface area contributed by atoms with E-state index in [0.717, 1.165) is 16.0 Å². The number of ether oxygens (including phenoxy) is 1. The van der Waals surface area contributed by atoms with Crippen LogP contribution >= 0.6 is 11.8 Å². The Kier molecular flexibility index (Phi) is 5.27. The molecule has 0 aliphatic carbocycles. The summed E-state index contributed by atoms with van der Waals surface area (Å²) >= 11 is 1.46. The summed E-state index contributed by atoms with van der Waals surface area (Å²) in [6, 6.07) is 14.9. The molecule has 0 amide bonds. The van der Waals surface area contributed by atoms with Gasteiger partial charge in [-0.15, -0.1) is 0 Å². The molecule has 20 heavy (non-hydrogen) atoms. The van der Waals surface area contributed by atoms with Gasteiger partial charge in [-0.05, 0) is 23.8 Å². The maximum Gasteiger partial charge on any atom is 0.251 e. The Morgan fingerprint density at radius 3 is 2.70 bits per heavy atom. The monoisotopic (exact) mass is 286 g/mol. The van der Waals surface area contributed by atoms with Gasteiger partial charge >= 0.3 is 0 Å².